The number of rotatable bonds is 11. The van der Waals surface area contributed by atoms with Crippen molar-refractivity contribution < 1.29 is 22.4 Å². The van der Waals surface area contributed by atoms with E-state index in [-0.39, 0.29) is 30.6 Å². The van der Waals surface area contributed by atoms with Gasteiger partial charge < -0.3 is 10.2 Å². The largest absolute Gasteiger partial charge is 0.352 e. The van der Waals surface area contributed by atoms with Crippen LogP contribution in [-0.2, 0) is 32.6 Å². The van der Waals surface area contributed by atoms with Crippen molar-refractivity contribution in [3.05, 3.63) is 101 Å². The molecule has 0 heterocycles. The maximum Gasteiger partial charge on any atom is 0.244 e. The molecule has 3 aromatic carbocycles. The van der Waals surface area contributed by atoms with Crippen molar-refractivity contribution in [3.63, 3.8) is 0 Å². The van der Waals surface area contributed by atoms with E-state index in [1.807, 2.05) is 30.3 Å². The van der Waals surface area contributed by atoms with Gasteiger partial charge in [0.25, 0.3) is 0 Å². The van der Waals surface area contributed by atoms with Gasteiger partial charge in [-0.05, 0) is 60.4 Å². The molecule has 2 amide bonds. The number of anilines is 1. The Kier molecular flexibility index (Phi) is 10.4. The monoisotopic (exact) mass is 599 g/mol. The van der Waals surface area contributed by atoms with Crippen LogP contribution >= 0.6 is 11.6 Å². The SMILES string of the molecule is CS(=O)(=O)N(CC(=O)N(Cc1cccc(Cl)c1)[C@@H](Cc1ccccc1)C(=O)NC1CCCCC1)c1ccc(F)cc1. The molecule has 10 heteroatoms. The van der Waals surface area contributed by atoms with Gasteiger partial charge in [0, 0.05) is 24.0 Å². The summed E-state index contributed by atoms with van der Waals surface area (Å²) < 4.78 is 40.1. The predicted octanol–water partition coefficient (Wildman–Crippen LogP) is 5.33. The maximum atomic E-state index is 14.1. The second-order valence-corrected chi connectivity index (χ2v) is 12.8. The summed E-state index contributed by atoms with van der Waals surface area (Å²) in [6.07, 6.45) is 6.16. The minimum Gasteiger partial charge on any atom is -0.352 e. The van der Waals surface area contributed by atoms with Gasteiger partial charge in [-0.1, -0.05) is 73.3 Å². The van der Waals surface area contributed by atoms with E-state index in [2.05, 4.69) is 5.32 Å². The second kappa shape index (κ2) is 14.0. The quantitative estimate of drug-likeness (QED) is 0.323. The molecule has 1 aliphatic carbocycles. The van der Waals surface area contributed by atoms with Crippen LogP contribution in [0.3, 0.4) is 0 Å². The first-order chi connectivity index (χ1) is 19.6. The van der Waals surface area contributed by atoms with Gasteiger partial charge >= 0.3 is 0 Å². The molecule has 0 bridgehead atoms. The summed E-state index contributed by atoms with van der Waals surface area (Å²) in [5, 5.41) is 3.64. The van der Waals surface area contributed by atoms with E-state index in [1.165, 1.54) is 17.0 Å². The van der Waals surface area contributed by atoms with E-state index < -0.39 is 34.3 Å². The van der Waals surface area contributed by atoms with Crippen molar-refractivity contribution in [3.8, 4) is 0 Å². The van der Waals surface area contributed by atoms with Crippen molar-refractivity contribution in [1.82, 2.24) is 10.2 Å². The van der Waals surface area contributed by atoms with Crippen molar-refractivity contribution in [2.45, 2.75) is 57.2 Å². The van der Waals surface area contributed by atoms with Crippen LogP contribution in [0, 0.1) is 5.82 Å². The molecule has 0 aliphatic heterocycles. The number of amides is 2. The highest BCUT2D eigenvalue weighted by atomic mass is 35.5. The molecule has 0 saturated heterocycles. The van der Waals surface area contributed by atoms with Gasteiger partial charge in [0.1, 0.15) is 18.4 Å². The van der Waals surface area contributed by atoms with Gasteiger partial charge in [0.05, 0.1) is 11.9 Å². The van der Waals surface area contributed by atoms with Crippen LogP contribution < -0.4 is 9.62 Å². The summed E-state index contributed by atoms with van der Waals surface area (Å²) in [7, 11) is -3.92. The molecule has 41 heavy (non-hydrogen) atoms. The molecule has 1 fully saturated rings. The Morgan fingerprint density at radius 3 is 2.24 bits per heavy atom. The Morgan fingerprint density at radius 2 is 1.61 bits per heavy atom. The maximum absolute atomic E-state index is 14.1. The summed E-state index contributed by atoms with van der Waals surface area (Å²) in [5.41, 5.74) is 1.71. The number of nitrogens with zero attached hydrogens (tertiary/aromatic N) is 2. The van der Waals surface area contributed by atoms with E-state index in [0.717, 1.165) is 60.4 Å². The molecule has 0 radical (unpaired) electrons. The average Bonchev–Trinajstić information content (AvgIpc) is 2.94. The number of carbonyl (C=O) groups excluding carboxylic acids is 2. The van der Waals surface area contributed by atoms with Gasteiger partial charge in [0.15, 0.2) is 0 Å². The van der Waals surface area contributed by atoms with Crippen LogP contribution in [0.1, 0.15) is 43.2 Å². The zero-order valence-corrected chi connectivity index (χ0v) is 24.6. The highest BCUT2D eigenvalue weighted by molar-refractivity contribution is 7.92. The summed E-state index contributed by atoms with van der Waals surface area (Å²) in [4.78, 5) is 29.4. The van der Waals surface area contributed by atoms with Crippen LogP contribution in [-0.4, -0.2) is 50.0 Å². The van der Waals surface area contributed by atoms with Crippen LogP contribution in [0.5, 0.6) is 0 Å². The molecule has 0 unspecified atom stereocenters. The van der Waals surface area contributed by atoms with E-state index in [0.29, 0.717) is 10.6 Å². The lowest BCUT2D eigenvalue weighted by Gasteiger charge is -2.35. The molecule has 0 spiro atoms. The molecule has 1 N–H and O–H groups in total. The first-order valence-corrected chi connectivity index (χ1v) is 15.9. The number of sulfonamides is 1. The Morgan fingerprint density at radius 1 is 0.951 bits per heavy atom. The lowest BCUT2D eigenvalue weighted by Crippen LogP contribution is -2.55. The van der Waals surface area contributed by atoms with Crippen LogP contribution in [0.4, 0.5) is 10.1 Å². The fourth-order valence-corrected chi connectivity index (χ4v) is 6.21. The Labute approximate surface area is 246 Å². The summed E-state index contributed by atoms with van der Waals surface area (Å²) in [5.74, 6) is -1.39. The predicted molar refractivity (Wildman–Crippen MR) is 160 cm³/mol. The van der Waals surface area contributed by atoms with Crippen LogP contribution in [0.2, 0.25) is 5.02 Å². The third-order valence-corrected chi connectivity index (χ3v) is 8.63. The minimum atomic E-state index is -3.92. The van der Waals surface area contributed by atoms with Crippen molar-refractivity contribution in [2.75, 3.05) is 17.1 Å². The van der Waals surface area contributed by atoms with E-state index in [4.69, 9.17) is 11.6 Å². The third kappa shape index (κ3) is 8.78. The number of nitrogens with one attached hydrogen (secondary N) is 1. The normalized spacial score (nSPS) is 14.7. The van der Waals surface area contributed by atoms with Gasteiger partial charge in [0.2, 0.25) is 21.8 Å². The molecule has 0 aromatic heterocycles. The number of benzene rings is 3. The lowest BCUT2D eigenvalue weighted by molar-refractivity contribution is -0.140. The topological polar surface area (TPSA) is 86.8 Å². The first kappa shape index (κ1) is 30.5. The zero-order valence-electron chi connectivity index (χ0n) is 23.0. The van der Waals surface area contributed by atoms with E-state index >= 15 is 0 Å². The number of hydrogen-bond acceptors (Lipinski definition) is 4. The average molecular weight is 600 g/mol. The van der Waals surface area contributed by atoms with Gasteiger partial charge in [-0.25, -0.2) is 12.8 Å². The van der Waals surface area contributed by atoms with Crippen LogP contribution in [0.15, 0.2) is 78.9 Å². The second-order valence-electron chi connectivity index (χ2n) is 10.4. The summed E-state index contributed by atoms with van der Waals surface area (Å²) in [6.45, 7) is -0.525. The highest BCUT2D eigenvalue weighted by Crippen LogP contribution is 2.23. The molecular weight excluding hydrogens is 565 g/mol. The molecule has 7 nitrogen and oxygen atoms in total. The Hall–Kier alpha value is -3.43. The van der Waals surface area contributed by atoms with E-state index in [9.17, 15) is 22.4 Å². The fraction of sp³-hybridized carbons (Fsp3) is 0.355. The van der Waals surface area contributed by atoms with Crippen molar-refractivity contribution in [2.24, 2.45) is 0 Å². The minimum absolute atomic E-state index is 0.0179. The Bertz CT molecular complexity index is 1430. The first-order valence-electron chi connectivity index (χ1n) is 13.7. The summed E-state index contributed by atoms with van der Waals surface area (Å²) in [6, 6.07) is 20.4. The standard InChI is InChI=1S/C31H35ClFN3O4S/c1-41(39,40)36(28-17-15-26(33)16-18-28)22-30(37)35(21-24-11-8-12-25(32)19-24)29(20-23-9-4-2-5-10-23)31(38)34-27-13-6-3-7-14-27/h2,4-5,8-12,15-19,27,29H,3,6-7,13-14,20-22H2,1H3,(H,34,38)/t29-/m0/s1. The summed E-state index contributed by atoms with van der Waals surface area (Å²) >= 11 is 6.24. The molecule has 1 atom stereocenters. The number of carbonyl (C=O) groups is 2. The Balaban J connectivity index is 1.71. The molecule has 3 aromatic rings. The van der Waals surface area contributed by atoms with Crippen LogP contribution in [0.25, 0.3) is 0 Å². The van der Waals surface area contributed by atoms with E-state index in [1.54, 1.807) is 24.3 Å². The number of hydrogen-bond donors (Lipinski definition) is 1. The van der Waals surface area contributed by atoms with Crippen molar-refractivity contribution in [1.29, 1.82) is 0 Å². The molecular formula is C31H35ClFN3O4S. The molecule has 4 rings (SSSR count). The van der Waals surface area contributed by atoms with Gasteiger partial charge in [-0.3, -0.25) is 13.9 Å². The lowest BCUT2D eigenvalue weighted by atomic mass is 9.94. The molecule has 218 valence electrons. The zero-order chi connectivity index (χ0) is 29.4. The molecule has 1 saturated carbocycles. The van der Waals surface area contributed by atoms with Crippen molar-refractivity contribution >= 4 is 39.1 Å². The smallest absolute Gasteiger partial charge is 0.244 e. The highest BCUT2D eigenvalue weighted by Gasteiger charge is 2.34. The molecule has 1 aliphatic rings. The van der Waals surface area contributed by atoms with Gasteiger partial charge in [-0.2, -0.15) is 0 Å². The third-order valence-electron chi connectivity index (χ3n) is 7.26. The fourth-order valence-electron chi connectivity index (χ4n) is 5.15. The van der Waals surface area contributed by atoms with Gasteiger partial charge in [-0.15, -0.1) is 0 Å². The number of halogens is 2.